The molecule has 0 aliphatic heterocycles. The van der Waals surface area contributed by atoms with Gasteiger partial charge < -0.3 is 11.1 Å². The average Bonchev–Trinajstić information content (AvgIpc) is 2.09. The zero-order valence-electron chi connectivity index (χ0n) is 7.63. The summed E-state index contributed by atoms with van der Waals surface area (Å²) < 4.78 is 13.0. The highest BCUT2D eigenvalue weighted by Gasteiger charge is 2.05. The third-order valence-electron chi connectivity index (χ3n) is 1.74. The van der Waals surface area contributed by atoms with Gasteiger partial charge in [0.25, 0.3) is 0 Å². The highest BCUT2D eigenvalue weighted by atomic mass is 19.1. The van der Waals surface area contributed by atoms with Crippen molar-refractivity contribution in [3.8, 4) is 0 Å². The lowest BCUT2D eigenvalue weighted by atomic mass is 10.2. The predicted molar refractivity (Wildman–Crippen MR) is 51.0 cm³/mol. The van der Waals surface area contributed by atoms with Crippen LogP contribution in [0.5, 0.6) is 0 Å². The topological polar surface area (TPSA) is 50.9 Å². The fourth-order valence-corrected chi connectivity index (χ4v) is 1.05. The summed E-state index contributed by atoms with van der Waals surface area (Å²) in [5.74, 6) is -0.0326. The van der Waals surface area contributed by atoms with Crippen molar-refractivity contribution in [3.63, 3.8) is 0 Å². The standard InChI is InChI=1S/C9H14FN3/c1-7(4-5-11)13-9-8(10)3-2-6-12-9/h2-3,6-7H,4-5,11H2,1H3,(H,12,13). The van der Waals surface area contributed by atoms with Gasteiger partial charge in [0.1, 0.15) is 0 Å². The quantitative estimate of drug-likeness (QED) is 0.741. The van der Waals surface area contributed by atoms with Gasteiger partial charge in [0.05, 0.1) is 0 Å². The minimum Gasteiger partial charge on any atom is -0.365 e. The summed E-state index contributed by atoms with van der Waals surface area (Å²) in [4.78, 5) is 3.87. The first-order chi connectivity index (χ1) is 6.24. The largest absolute Gasteiger partial charge is 0.365 e. The van der Waals surface area contributed by atoms with Crippen LogP contribution in [0.4, 0.5) is 10.2 Å². The Kier molecular flexibility index (Phi) is 3.64. The molecule has 72 valence electrons. The SMILES string of the molecule is CC(CCN)Nc1ncccc1F. The van der Waals surface area contributed by atoms with E-state index in [0.717, 1.165) is 6.42 Å². The van der Waals surface area contributed by atoms with Gasteiger partial charge in [0.15, 0.2) is 11.6 Å². The second-order valence-electron chi connectivity index (χ2n) is 2.96. The van der Waals surface area contributed by atoms with E-state index in [9.17, 15) is 4.39 Å². The Morgan fingerprint density at radius 3 is 3.08 bits per heavy atom. The molecule has 0 fully saturated rings. The van der Waals surface area contributed by atoms with Gasteiger partial charge in [-0.15, -0.1) is 0 Å². The normalized spacial score (nSPS) is 12.5. The lowest BCUT2D eigenvalue weighted by molar-refractivity contribution is 0.616. The van der Waals surface area contributed by atoms with Crippen LogP contribution in [0.2, 0.25) is 0 Å². The van der Waals surface area contributed by atoms with Gasteiger partial charge in [-0.05, 0) is 32.0 Å². The lowest BCUT2D eigenvalue weighted by Crippen LogP contribution is -2.20. The van der Waals surface area contributed by atoms with Crippen molar-refractivity contribution in [2.75, 3.05) is 11.9 Å². The van der Waals surface area contributed by atoms with Crippen molar-refractivity contribution in [3.05, 3.63) is 24.1 Å². The highest BCUT2D eigenvalue weighted by Crippen LogP contribution is 2.10. The number of anilines is 1. The first kappa shape index (κ1) is 9.92. The van der Waals surface area contributed by atoms with Crippen molar-refractivity contribution in [1.82, 2.24) is 4.98 Å². The van der Waals surface area contributed by atoms with Gasteiger partial charge in [-0.2, -0.15) is 0 Å². The maximum Gasteiger partial charge on any atom is 0.165 e. The molecule has 0 aromatic carbocycles. The van der Waals surface area contributed by atoms with Gasteiger partial charge in [-0.3, -0.25) is 0 Å². The number of nitrogens with zero attached hydrogens (tertiary/aromatic N) is 1. The van der Waals surface area contributed by atoms with E-state index in [1.165, 1.54) is 6.07 Å². The molecule has 1 aromatic heterocycles. The van der Waals surface area contributed by atoms with E-state index in [2.05, 4.69) is 10.3 Å². The van der Waals surface area contributed by atoms with Crippen LogP contribution in [0.3, 0.4) is 0 Å². The molecule has 0 amide bonds. The highest BCUT2D eigenvalue weighted by molar-refractivity contribution is 5.36. The summed E-state index contributed by atoms with van der Waals surface area (Å²) in [5, 5.41) is 2.94. The minimum atomic E-state index is -0.327. The van der Waals surface area contributed by atoms with Crippen LogP contribution in [0.1, 0.15) is 13.3 Å². The van der Waals surface area contributed by atoms with Gasteiger partial charge in [0, 0.05) is 12.2 Å². The second kappa shape index (κ2) is 4.77. The molecule has 0 saturated carbocycles. The molecule has 1 atom stereocenters. The van der Waals surface area contributed by atoms with E-state index >= 15 is 0 Å². The third kappa shape index (κ3) is 2.99. The Morgan fingerprint density at radius 1 is 1.69 bits per heavy atom. The van der Waals surface area contributed by atoms with Gasteiger partial charge >= 0.3 is 0 Å². The summed E-state index contributed by atoms with van der Waals surface area (Å²) >= 11 is 0. The smallest absolute Gasteiger partial charge is 0.165 e. The molecule has 0 radical (unpaired) electrons. The van der Waals surface area contributed by atoms with E-state index in [-0.39, 0.29) is 11.9 Å². The van der Waals surface area contributed by atoms with Gasteiger partial charge in [-0.25, -0.2) is 9.37 Å². The number of nitrogens with one attached hydrogen (secondary N) is 1. The van der Waals surface area contributed by atoms with Crippen molar-refractivity contribution < 1.29 is 4.39 Å². The molecule has 1 unspecified atom stereocenters. The van der Waals surface area contributed by atoms with Crippen molar-refractivity contribution in [1.29, 1.82) is 0 Å². The molecule has 3 N–H and O–H groups in total. The minimum absolute atomic E-state index is 0.148. The molecule has 1 heterocycles. The summed E-state index contributed by atoms with van der Waals surface area (Å²) in [6, 6.07) is 3.09. The van der Waals surface area contributed by atoms with E-state index in [1.807, 2.05) is 6.92 Å². The summed E-state index contributed by atoms with van der Waals surface area (Å²) in [7, 11) is 0. The summed E-state index contributed by atoms with van der Waals surface area (Å²) in [5.41, 5.74) is 5.37. The van der Waals surface area contributed by atoms with Crippen LogP contribution in [-0.2, 0) is 0 Å². The molecule has 0 aliphatic carbocycles. The Balaban J connectivity index is 2.58. The second-order valence-corrected chi connectivity index (χ2v) is 2.96. The molecule has 0 aliphatic rings. The maximum absolute atomic E-state index is 13.0. The van der Waals surface area contributed by atoms with Crippen LogP contribution in [0.25, 0.3) is 0 Å². The number of rotatable bonds is 4. The van der Waals surface area contributed by atoms with E-state index in [4.69, 9.17) is 5.73 Å². The van der Waals surface area contributed by atoms with Crippen LogP contribution >= 0.6 is 0 Å². The molecule has 3 nitrogen and oxygen atoms in total. The average molecular weight is 183 g/mol. The third-order valence-corrected chi connectivity index (χ3v) is 1.74. The number of hydrogen-bond acceptors (Lipinski definition) is 3. The molecule has 0 bridgehead atoms. The number of halogens is 1. The summed E-state index contributed by atoms with van der Waals surface area (Å²) in [6.07, 6.45) is 2.36. The molecule has 1 rings (SSSR count). The maximum atomic E-state index is 13.0. The Labute approximate surface area is 77.2 Å². The van der Waals surface area contributed by atoms with E-state index < -0.39 is 0 Å². The molecular weight excluding hydrogens is 169 g/mol. The fraction of sp³-hybridized carbons (Fsp3) is 0.444. The van der Waals surface area contributed by atoms with Crippen molar-refractivity contribution in [2.24, 2.45) is 5.73 Å². The molecule has 4 heteroatoms. The van der Waals surface area contributed by atoms with Crippen LogP contribution in [0, 0.1) is 5.82 Å². The van der Waals surface area contributed by atoms with Crippen LogP contribution in [0.15, 0.2) is 18.3 Å². The van der Waals surface area contributed by atoms with Crippen molar-refractivity contribution >= 4 is 5.82 Å². The number of hydrogen-bond donors (Lipinski definition) is 2. The van der Waals surface area contributed by atoms with E-state index in [0.29, 0.717) is 12.4 Å². The summed E-state index contributed by atoms with van der Waals surface area (Å²) in [6.45, 7) is 2.53. The predicted octanol–water partition coefficient (Wildman–Crippen LogP) is 1.37. The monoisotopic (exact) mass is 183 g/mol. The van der Waals surface area contributed by atoms with Crippen LogP contribution < -0.4 is 11.1 Å². The number of pyridine rings is 1. The van der Waals surface area contributed by atoms with Gasteiger partial charge in [-0.1, -0.05) is 0 Å². The fourth-order valence-electron chi connectivity index (χ4n) is 1.05. The van der Waals surface area contributed by atoms with E-state index in [1.54, 1.807) is 12.3 Å². The zero-order chi connectivity index (χ0) is 9.68. The molecule has 0 spiro atoms. The Morgan fingerprint density at radius 2 is 2.46 bits per heavy atom. The molecular formula is C9H14FN3. The number of nitrogens with two attached hydrogens (primary N) is 1. The molecule has 0 saturated heterocycles. The number of aromatic nitrogens is 1. The molecule has 13 heavy (non-hydrogen) atoms. The lowest BCUT2D eigenvalue weighted by Gasteiger charge is -2.13. The first-order valence-corrected chi connectivity index (χ1v) is 4.31. The van der Waals surface area contributed by atoms with Crippen molar-refractivity contribution in [2.45, 2.75) is 19.4 Å². The zero-order valence-corrected chi connectivity index (χ0v) is 7.63. The van der Waals surface area contributed by atoms with Gasteiger partial charge in [0.2, 0.25) is 0 Å². The van der Waals surface area contributed by atoms with Crippen LogP contribution in [-0.4, -0.2) is 17.6 Å². The Hall–Kier alpha value is -1.16. The first-order valence-electron chi connectivity index (χ1n) is 4.31. The molecule has 1 aromatic rings. The Bertz CT molecular complexity index is 265.